The summed E-state index contributed by atoms with van der Waals surface area (Å²) < 4.78 is 11.7. The summed E-state index contributed by atoms with van der Waals surface area (Å²) in [7, 11) is 0. The molecule has 6 heteroatoms. The molecule has 100 valence electrons. The van der Waals surface area contributed by atoms with Crippen molar-refractivity contribution in [2.24, 2.45) is 0 Å². The van der Waals surface area contributed by atoms with Crippen molar-refractivity contribution < 1.29 is 9.47 Å². The minimum absolute atomic E-state index is 0.295. The number of aromatic amines is 1. The van der Waals surface area contributed by atoms with E-state index in [0.717, 1.165) is 46.9 Å². The molecule has 0 radical (unpaired) electrons. The minimum Gasteiger partial charge on any atom is -0.454 e. The van der Waals surface area contributed by atoms with Gasteiger partial charge in [0.1, 0.15) is 5.82 Å². The maximum atomic E-state index is 5.39. The Hall–Kier alpha value is -1.53. The highest BCUT2D eigenvalue weighted by atomic mass is 79.9. The van der Waals surface area contributed by atoms with E-state index in [9.17, 15) is 0 Å². The van der Waals surface area contributed by atoms with Crippen molar-refractivity contribution in [1.29, 1.82) is 0 Å². The first-order valence-corrected chi connectivity index (χ1v) is 6.89. The van der Waals surface area contributed by atoms with Gasteiger partial charge in [-0.3, -0.25) is 0 Å². The summed E-state index contributed by atoms with van der Waals surface area (Å²) in [6, 6.07) is 4.06. The number of nitrogens with zero attached hydrogens (tertiary/aromatic N) is 1. The Morgan fingerprint density at radius 2 is 2.32 bits per heavy atom. The summed E-state index contributed by atoms with van der Waals surface area (Å²) in [6.07, 6.45) is 4.49. The standard InChI is InChI=1S/C13H14BrN3O2/c14-10-5-9(6-11-13(10)19-8-18-11)7-15-2-1-12-16-3-4-17-12/h3-6,15H,1-2,7-8H2,(H,16,17). The molecule has 0 unspecified atom stereocenters. The van der Waals surface area contributed by atoms with Gasteiger partial charge in [-0.15, -0.1) is 0 Å². The monoisotopic (exact) mass is 323 g/mol. The number of nitrogens with one attached hydrogen (secondary N) is 2. The molecule has 0 aliphatic carbocycles. The number of halogens is 1. The highest BCUT2D eigenvalue weighted by molar-refractivity contribution is 9.10. The average Bonchev–Trinajstić information content (AvgIpc) is 3.05. The summed E-state index contributed by atoms with van der Waals surface area (Å²) >= 11 is 3.49. The molecular formula is C13H14BrN3O2. The van der Waals surface area contributed by atoms with Crippen molar-refractivity contribution >= 4 is 15.9 Å². The molecule has 2 aromatic rings. The first kappa shape index (κ1) is 12.5. The van der Waals surface area contributed by atoms with Crippen LogP contribution in [0.1, 0.15) is 11.4 Å². The van der Waals surface area contributed by atoms with Crippen LogP contribution in [0.5, 0.6) is 11.5 Å². The zero-order valence-electron chi connectivity index (χ0n) is 10.3. The molecule has 0 bridgehead atoms. The van der Waals surface area contributed by atoms with Gasteiger partial charge >= 0.3 is 0 Å². The Kier molecular flexibility index (Phi) is 3.70. The van der Waals surface area contributed by atoms with Crippen LogP contribution in [0.3, 0.4) is 0 Å². The summed E-state index contributed by atoms with van der Waals surface area (Å²) in [5.74, 6) is 2.59. The number of rotatable bonds is 5. The first-order chi connectivity index (χ1) is 9.33. The van der Waals surface area contributed by atoms with E-state index in [4.69, 9.17) is 9.47 Å². The van der Waals surface area contributed by atoms with Crippen LogP contribution in [0, 0.1) is 0 Å². The SMILES string of the molecule is Brc1cc(CNCCc2ncc[nH]2)cc2c1OCO2. The molecule has 1 aromatic heterocycles. The van der Waals surface area contributed by atoms with Crippen LogP contribution in [-0.2, 0) is 13.0 Å². The van der Waals surface area contributed by atoms with Crippen molar-refractivity contribution in [3.63, 3.8) is 0 Å². The smallest absolute Gasteiger partial charge is 0.231 e. The highest BCUT2D eigenvalue weighted by Gasteiger charge is 2.17. The summed E-state index contributed by atoms with van der Waals surface area (Å²) in [5.41, 5.74) is 1.16. The van der Waals surface area contributed by atoms with E-state index in [2.05, 4.69) is 31.2 Å². The Balaban J connectivity index is 1.54. The number of imidazole rings is 1. The predicted molar refractivity (Wildman–Crippen MR) is 74.3 cm³/mol. The topological polar surface area (TPSA) is 59.2 Å². The van der Waals surface area contributed by atoms with E-state index in [-0.39, 0.29) is 0 Å². The summed E-state index contributed by atoms with van der Waals surface area (Å²) in [4.78, 5) is 7.27. The lowest BCUT2D eigenvalue weighted by Gasteiger charge is -2.06. The number of benzene rings is 1. The third-order valence-electron chi connectivity index (χ3n) is 2.91. The molecule has 2 N–H and O–H groups in total. The minimum atomic E-state index is 0.295. The fourth-order valence-corrected chi connectivity index (χ4v) is 2.60. The lowest BCUT2D eigenvalue weighted by Crippen LogP contribution is -2.17. The van der Waals surface area contributed by atoms with Crippen LogP contribution < -0.4 is 14.8 Å². The number of fused-ring (bicyclic) bond motifs is 1. The lowest BCUT2D eigenvalue weighted by molar-refractivity contribution is 0.173. The highest BCUT2D eigenvalue weighted by Crippen LogP contribution is 2.39. The van der Waals surface area contributed by atoms with Crippen LogP contribution in [-0.4, -0.2) is 23.3 Å². The number of H-pyrrole nitrogens is 1. The van der Waals surface area contributed by atoms with Gasteiger partial charge in [-0.25, -0.2) is 4.98 Å². The summed E-state index contributed by atoms with van der Waals surface area (Å²) in [5, 5.41) is 3.38. The Bertz CT molecular complexity index is 557. The molecule has 3 rings (SSSR count). The normalized spacial score (nSPS) is 12.9. The largest absolute Gasteiger partial charge is 0.454 e. The predicted octanol–water partition coefficient (Wildman–Crippen LogP) is 2.23. The maximum absolute atomic E-state index is 5.39. The molecule has 0 saturated carbocycles. The van der Waals surface area contributed by atoms with Crippen molar-refractivity contribution in [3.8, 4) is 11.5 Å². The van der Waals surface area contributed by atoms with E-state index in [1.54, 1.807) is 6.20 Å². The zero-order valence-corrected chi connectivity index (χ0v) is 11.9. The van der Waals surface area contributed by atoms with E-state index < -0.39 is 0 Å². The molecule has 0 atom stereocenters. The van der Waals surface area contributed by atoms with Gasteiger partial charge in [-0.2, -0.15) is 0 Å². The molecule has 19 heavy (non-hydrogen) atoms. The quantitative estimate of drug-likeness (QED) is 0.828. The molecule has 1 aliphatic rings. The lowest BCUT2D eigenvalue weighted by atomic mass is 10.2. The van der Waals surface area contributed by atoms with Gasteiger partial charge in [-0.1, -0.05) is 0 Å². The van der Waals surface area contributed by atoms with Crippen molar-refractivity contribution in [3.05, 3.63) is 40.4 Å². The van der Waals surface area contributed by atoms with Crippen LogP contribution in [0.2, 0.25) is 0 Å². The van der Waals surface area contributed by atoms with E-state index in [1.165, 1.54) is 0 Å². The van der Waals surface area contributed by atoms with Gasteiger partial charge in [0.25, 0.3) is 0 Å². The van der Waals surface area contributed by atoms with Crippen LogP contribution in [0.15, 0.2) is 29.0 Å². The van der Waals surface area contributed by atoms with E-state index in [1.807, 2.05) is 18.3 Å². The number of hydrogen-bond acceptors (Lipinski definition) is 4. The fourth-order valence-electron chi connectivity index (χ4n) is 2.00. The second kappa shape index (κ2) is 5.63. The molecular weight excluding hydrogens is 310 g/mol. The first-order valence-electron chi connectivity index (χ1n) is 6.10. The van der Waals surface area contributed by atoms with Gasteiger partial charge in [0.2, 0.25) is 6.79 Å². The van der Waals surface area contributed by atoms with E-state index in [0.29, 0.717) is 6.79 Å². The second-order valence-corrected chi connectivity index (χ2v) is 5.13. The number of ether oxygens (including phenoxy) is 2. The third-order valence-corrected chi connectivity index (χ3v) is 3.50. The zero-order chi connectivity index (χ0) is 13.1. The maximum Gasteiger partial charge on any atom is 0.231 e. The average molecular weight is 324 g/mol. The van der Waals surface area contributed by atoms with Crippen LogP contribution in [0.25, 0.3) is 0 Å². The third kappa shape index (κ3) is 2.90. The van der Waals surface area contributed by atoms with Gasteiger partial charge in [-0.05, 0) is 33.6 Å². The molecule has 1 aromatic carbocycles. The Morgan fingerprint density at radius 1 is 1.37 bits per heavy atom. The summed E-state index contributed by atoms with van der Waals surface area (Å²) in [6.45, 7) is 1.96. The molecule has 1 aliphatic heterocycles. The van der Waals surface area contributed by atoms with Crippen molar-refractivity contribution in [2.75, 3.05) is 13.3 Å². The number of aromatic nitrogens is 2. The molecule has 5 nitrogen and oxygen atoms in total. The molecule has 0 amide bonds. The Labute approximate surface area is 119 Å². The van der Waals surface area contributed by atoms with Crippen molar-refractivity contribution in [1.82, 2.24) is 15.3 Å². The molecule has 0 spiro atoms. The Morgan fingerprint density at radius 3 is 3.16 bits per heavy atom. The number of hydrogen-bond donors (Lipinski definition) is 2. The van der Waals surface area contributed by atoms with Gasteiger partial charge in [0.15, 0.2) is 11.5 Å². The molecule has 2 heterocycles. The van der Waals surface area contributed by atoms with E-state index >= 15 is 0 Å². The molecule has 0 saturated heterocycles. The van der Waals surface area contributed by atoms with Gasteiger partial charge < -0.3 is 19.8 Å². The second-order valence-electron chi connectivity index (χ2n) is 4.27. The van der Waals surface area contributed by atoms with Gasteiger partial charge in [0.05, 0.1) is 4.47 Å². The fraction of sp³-hybridized carbons (Fsp3) is 0.308. The van der Waals surface area contributed by atoms with Gasteiger partial charge in [0, 0.05) is 31.9 Å². The van der Waals surface area contributed by atoms with Crippen LogP contribution >= 0.6 is 15.9 Å². The van der Waals surface area contributed by atoms with Crippen molar-refractivity contribution in [2.45, 2.75) is 13.0 Å². The van der Waals surface area contributed by atoms with Crippen LogP contribution in [0.4, 0.5) is 0 Å². The molecule has 0 fully saturated rings.